The lowest BCUT2D eigenvalue weighted by Crippen LogP contribution is -2.26. The van der Waals surface area contributed by atoms with Crippen molar-refractivity contribution >= 4 is 17.2 Å². The van der Waals surface area contributed by atoms with Gasteiger partial charge < -0.3 is 10.6 Å². The van der Waals surface area contributed by atoms with Crippen molar-refractivity contribution < 1.29 is 0 Å². The van der Waals surface area contributed by atoms with Crippen LogP contribution in [0, 0.1) is 5.41 Å². The summed E-state index contributed by atoms with van der Waals surface area (Å²) in [6, 6.07) is 0. The molecule has 0 aromatic carbocycles. The molecule has 0 radical (unpaired) electrons. The van der Waals surface area contributed by atoms with Crippen LogP contribution in [-0.4, -0.2) is 30.5 Å². The van der Waals surface area contributed by atoms with Crippen LogP contribution in [-0.2, 0) is 0 Å². The highest BCUT2D eigenvalue weighted by Crippen LogP contribution is 2.48. The van der Waals surface area contributed by atoms with E-state index < -0.39 is 0 Å². The summed E-state index contributed by atoms with van der Waals surface area (Å²) in [5, 5.41) is 0. The Balaban J connectivity index is 2.35. The van der Waals surface area contributed by atoms with E-state index in [1.165, 1.54) is 12.8 Å². The van der Waals surface area contributed by atoms with Gasteiger partial charge in [0.15, 0.2) is 0 Å². The fourth-order valence-electron chi connectivity index (χ4n) is 1.61. The van der Waals surface area contributed by atoms with Crippen LogP contribution in [0.5, 0.6) is 0 Å². The van der Waals surface area contributed by atoms with Gasteiger partial charge in [0.05, 0.1) is 4.99 Å². The molecule has 64 valence electrons. The standard InChI is InChI=1S/C8H16N2S/c1-10(2)6-8(3-4-8)5-7(9)11/h3-6H2,1-2H3,(H2,9,11). The summed E-state index contributed by atoms with van der Waals surface area (Å²) in [7, 11) is 4.19. The molecule has 0 heterocycles. The number of hydrogen-bond acceptors (Lipinski definition) is 2. The van der Waals surface area contributed by atoms with Gasteiger partial charge in [0.2, 0.25) is 0 Å². The van der Waals surface area contributed by atoms with E-state index in [0.717, 1.165) is 13.0 Å². The third kappa shape index (κ3) is 2.75. The Morgan fingerprint density at radius 1 is 1.55 bits per heavy atom. The Bertz CT molecular complexity index is 161. The summed E-state index contributed by atoms with van der Waals surface area (Å²) >= 11 is 4.90. The first-order valence-corrected chi connectivity index (χ1v) is 4.38. The molecule has 3 heteroatoms. The second-order valence-corrected chi connectivity index (χ2v) is 4.41. The van der Waals surface area contributed by atoms with Gasteiger partial charge in [-0.25, -0.2) is 0 Å². The fraction of sp³-hybridized carbons (Fsp3) is 0.875. The molecule has 0 spiro atoms. The highest BCUT2D eigenvalue weighted by molar-refractivity contribution is 7.80. The molecule has 0 aliphatic heterocycles. The highest BCUT2D eigenvalue weighted by Gasteiger charge is 2.42. The van der Waals surface area contributed by atoms with Gasteiger partial charge >= 0.3 is 0 Å². The molecule has 2 nitrogen and oxygen atoms in total. The molecule has 0 unspecified atom stereocenters. The van der Waals surface area contributed by atoms with Gasteiger partial charge in [-0.05, 0) is 32.4 Å². The third-order valence-electron chi connectivity index (χ3n) is 2.16. The van der Waals surface area contributed by atoms with E-state index in [4.69, 9.17) is 18.0 Å². The third-order valence-corrected chi connectivity index (χ3v) is 2.30. The van der Waals surface area contributed by atoms with Gasteiger partial charge in [-0.2, -0.15) is 0 Å². The largest absolute Gasteiger partial charge is 0.393 e. The van der Waals surface area contributed by atoms with Gasteiger partial charge in [0.25, 0.3) is 0 Å². The monoisotopic (exact) mass is 172 g/mol. The minimum absolute atomic E-state index is 0.454. The van der Waals surface area contributed by atoms with Gasteiger partial charge in [0.1, 0.15) is 0 Å². The second kappa shape index (κ2) is 3.07. The first-order chi connectivity index (χ1) is 5.04. The SMILES string of the molecule is CN(C)CC1(CC(N)=S)CC1. The normalized spacial score (nSPS) is 20.3. The summed E-state index contributed by atoms with van der Waals surface area (Å²) in [4.78, 5) is 2.88. The molecule has 0 atom stereocenters. The van der Waals surface area contributed by atoms with Crippen LogP contribution in [0.4, 0.5) is 0 Å². The molecule has 0 bridgehead atoms. The average Bonchev–Trinajstić information content (AvgIpc) is 2.43. The van der Waals surface area contributed by atoms with Crippen LogP contribution in [0.15, 0.2) is 0 Å². The zero-order chi connectivity index (χ0) is 8.48. The Hall–Kier alpha value is -0.150. The molecule has 1 saturated carbocycles. The zero-order valence-corrected chi connectivity index (χ0v) is 8.08. The van der Waals surface area contributed by atoms with Gasteiger partial charge in [-0.15, -0.1) is 0 Å². The maximum Gasteiger partial charge on any atom is 0.0733 e. The Morgan fingerprint density at radius 3 is 2.36 bits per heavy atom. The van der Waals surface area contributed by atoms with Crippen molar-refractivity contribution in [1.82, 2.24) is 4.90 Å². The van der Waals surface area contributed by atoms with Crippen molar-refractivity contribution in [2.24, 2.45) is 11.1 Å². The Kier molecular flexibility index (Phi) is 2.50. The second-order valence-electron chi connectivity index (χ2n) is 3.88. The molecule has 11 heavy (non-hydrogen) atoms. The number of thiocarbonyl (C=S) groups is 1. The molecule has 1 aliphatic rings. The van der Waals surface area contributed by atoms with Crippen LogP contribution in [0.3, 0.4) is 0 Å². The summed E-state index contributed by atoms with van der Waals surface area (Å²) in [5.41, 5.74) is 5.96. The van der Waals surface area contributed by atoms with E-state index in [1.807, 2.05) is 0 Å². The maximum absolute atomic E-state index is 5.51. The molecular weight excluding hydrogens is 156 g/mol. The minimum atomic E-state index is 0.454. The fourth-order valence-corrected chi connectivity index (χ4v) is 1.91. The molecule has 0 amide bonds. The van der Waals surface area contributed by atoms with Crippen molar-refractivity contribution in [3.05, 3.63) is 0 Å². The summed E-state index contributed by atoms with van der Waals surface area (Å²) in [6.45, 7) is 1.13. The van der Waals surface area contributed by atoms with Crippen molar-refractivity contribution in [1.29, 1.82) is 0 Å². The smallest absolute Gasteiger partial charge is 0.0733 e. The van der Waals surface area contributed by atoms with Crippen molar-refractivity contribution in [2.45, 2.75) is 19.3 Å². The molecule has 0 aromatic rings. The van der Waals surface area contributed by atoms with Crippen molar-refractivity contribution in [3.63, 3.8) is 0 Å². The van der Waals surface area contributed by atoms with Crippen molar-refractivity contribution in [2.75, 3.05) is 20.6 Å². The van der Waals surface area contributed by atoms with Crippen LogP contribution >= 0.6 is 12.2 Å². The van der Waals surface area contributed by atoms with Crippen molar-refractivity contribution in [3.8, 4) is 0 Å². The Morgan fingerprint density at radius 2 is 2.09 bits per heavy atom. The average molecular weight is 172 g/mol. The van der Waals surface area contributed by atoms with E-state index in [1.54, 1.807) is 0 Å². The lowest BCUT2D eigenvalue weighted by atomic mass is 10.0. The zero-order valence-electron chi connectivity index (χ0n) is 7.26. The maximum atomic E-state index is 5.51. The predicted molar refractivity (Wildman–Crippen MR) is 51.6 cm³/mol. The molecule has 0 saturated heterocycles. The number of rotatable bonds is 4. The lowest BCUT2D eigenvalue weighted by molar-refractivity contribution is 0.315. The highest BCUT2D eigenvalue weighted by atomic mass is 32.1. The first kappa shape index (κ1) is 8.94. The van der Waals surface area contributed by atoms with E-state index in [9.17, 15) is 0 Å². The van der Waals surface area contributed by atoms with Crippen LogP contribution in [0.25, 0.3) is 0 Å². The number of nitrogens with zero attached hydrogens (tertiary/aromatic N) is 1. The Labute approximate surface area is 73.7 Å². The van der Waals surface area contributed by atoms with E-state index in [0.29, 0.717) is 10.4 Å². The summed E-state index contributed by atoms with van der Waals surface area (Å²) in [5.74, 6) is 0. The molecule has 2 N–H and O–H groups in total. The van der Waals surface area contributed by atoms with Gasteiger partial charge in [0, 0.05) is 13.0 Å². The summed E-state index contributed by atoms with van der Waals surface area (Å²) in [6.07, 6.45) is 3.52. The first-order valence-electron chi connectivity index (χ1n) is 3.97. The number of hydrogen-bond donors (Lipinski definition) is 1. The van der Waals surface area contributed by atoms with E-state index in [2.05, 4.69) is 19.0 Å². The van der Waals surface area contributed by atoms with Gasteiger partial charge in [-0.3, -0.25) is 0 Å². The van der Waals surface area contributed by atoms with E-state index >= 15 is 0 Å². The number of nitrogens with two attached hydrogens (primary N) is 1. The van der Waals surface area contributed by atoms with Crippen LogP contribution < -0.4 is 5.73 Å². The minimum Gasteiger partial charge on any atom is -0.393 e. The molecule has 1 rings (SSSR count). The van der Waals surface area contributed by atoms with E-state index in [-0.39, 0.29) is 0 Å². The van der Waals surface area contributed by atoms with Crippen LogP contribution in [0.2, 0.25) is 0 Å². The lowest BCUT2D eigenvalue weighted by Gasteiger charge is -2.18. The quantitative estimate of drug-likeness (QED) is 0.642. The molecule has 1 aliphatic carbocycles. The van der Waals surface area contributed by atoms with Gasteiger partial charge in [-0.1, -0.05) is 12.2 Å². The van der Waals surface area contributed by atoms with Crippen LogP contribution in [0.1, 0.15) is 19.3 Å². The molecular formula is C8H16N2S. The molecule has 0 aromatic heterocycles. The molecule has 1 fully saturated rings. The predicted octanol–water partition coefficient (Wildman–Crippen LogP) is 1.00. The summed E-state index contributed by atoms with van der Waals surface area (Å²) < 4.78 is 0. The topological polar surface area (TPSA) is 29.3 Å².